The summed E-state index contributed by atoms with van der Waals surface area (Å²) in [4.78, 5) is 18.4. The van der Waals surface area contributed by atoms with Crippen LogP contribution in [0.3, 0.4) is 0 Å². The molecule has 0 bridgehead atoms. The zero-order valence-corrected chi connectivity index (χ0v) is 21.4. The quantitative estimate of drug-likeness (QED) is 0.421. The van der Waals surface area contributed by atoms with E-state index in [1.807, 2.05) is 18.2 Å². The predicted octanol–water partition coefficient (Wildman–Crippen LogP) is 5.41. The van der Waals surface area contributed by atoms with Crippen LogP contribution in [0, 0.1) is 11.8 Å². The number of rotatable bonds is 11. The highest BCUT2D eigenvalue weighted by atomic mass is 35.5. The summed E-state index contributed by atoms with van der Waals surface area (Å²) in [5.41, 5.74) is 1.43. The minimum absolute atomic E-state index is 0.108. The van der Waals surface area contributed by atoms with E-state index in [2.05, 4.69) is 21.6 Å². The molecule has 1 aliphatic carbocycles. The first-order chi connectivity index (χ1) is 16.4. The Kier molecular flexibility index (Phi) is 8.97. The Morgan fingerprint density at radius 1 is 1.32 bits per heavy atom. The van der Waals surface area contributed by atoms with E-state index >= 15 is 0 Å². The maximum atomic E-state index is 11.6. The van der Waals surface area contributed by atoms with Crippen LogP contribution in [0.1, 0.15) is 56.6 Å². The molecule has 2 aromatic rings. The number of methoxy groups -OCH3 is 1. The highest BCUT2D eigenvalue weighted by molar-refractivity contribution is 7.99. The van der Waals surface area contributed by atoms with E-state index < -0.39 is 12.1 Å². The number of hydrogen-bond donors (Lipinski definition) is 2. The first-order valence-electron chi connectivity index (χ1n) is 12.3. The number of thioether (sulfide) groups is 1. The number of carboxylic acids is 1. The summed E-state index contributed by atoms with van der Waals surface area (Å²) in [7, 11) is 1.61. The summed E-state index contributed by atoms with van der Waals surface area (Å²) in [5.74, 6) is 1.47. The fourth-order valence-electron chi connectivity index (χ4n) is 5.23. The minimum Gasteiger partial charge on any atom is -0.497 e. The number of fused-ring (bicyclic) bond motifs is 1. The van der Waals surface area contributed by atoms with Gasteiger partial charge in [-0.25, -0.2) is 0 Å². The van der Waals surface area contributed by atoms with Crippen LogP contribution in [0.4, 0.5) is 0 Å². The fourth-order valence-corrected chi connectivity index (χ4v) is 6.87. The van der Waals surface area contributed by atoms with E-state index in [1.165, 1.54) is 19.3 Å². The Morgan fingerprint density at radius 3 is 2.85 bits per heavy atom. The highest BCUT2D eigenvalue weighted by Crippen LogP contribution is 2.38. The lowest BCUT2D eigenvalue weighted by Crippen LogP contribution is -2.42. The molecule has 2 fully saturated rings. The van der Waals surface area contributed by atoms with Crippen LogP contribution < -0.4 is 4.74 Å². The lowest BCUT2D eigenvalue weighted by Gasteiger charge is -2.39. The molecule has 4 rings (SSSR count). The Morgan fingerprint density at radius 2 is 2.15 bits per heavy atom. The number of aromatic nitrogens is 1. The van der Waals surface area contributed by atoms with Gasteiger partial charge in [0, 0.05) is 47.7 Å². The van der Waals surface area contributed by atoms with Gasteiger partial charge in [0.05, 0.1) is 23.8 Å². The second-order valence-corrected chi connectivity index (χ2v) is 11.4. The van der Waals surface area contributed by atoms with Crippen LogP contribution in [-0.2, 0) is 4.79 Å². The van der Waals surface area contributed by atoms with Gasteiger partial charge in [0.15, 0.2) is 0 Å². The molecule has 8 heteroatoms. The molecule has 0 spiro atoms. The normalized spacial score (nSPS) is 22.4. The predicted molar refractivity (Wildman–Crippen MR) is 138 cm³/mol. The molecule has 1 aromatic heterocycles. The third-order valence-electron chi connectivity index (χ3n) is 7.44. The molecule has 1 saturated carbocycles. The first-order valence-corrected chi connectivity index (χ1v) is 13.7. The number of pyridine rings is 1. The molecule has 0 radical (unpaired) electrons. The van der Waals surface area contributed by atoms with Crippen molar-refractivity contribution in [2.45, 2.75) is 56.3 Å². The van der Waals surface area contributed by atoms with Crippen molar-refractivity contribution in [1.82, 2.24) is 9.88 Å². The van der Waals surface area contributed by atoms with Crippen LogP contribution in [0.2, 0.25) is 5.02 Å². The monoisotopic (exact) mass is 506 g/mol. The smallest absolute Gasteiger partial charge is 0.303 e. The number of likely N-dealkylation sites (tertiary alicyclic amines) is 1. The van der Waals surface area contributed by atoms with E-state index in [-0.39, 0.29) is 18.3 Å². The molecule has 6 nitrogen and oxygen atoms in total. The Bertz CT molecular complexity index is 987. The van der Waals surface area contributed by atoms with Gasteiger partial charge in [-0.05, 0) is 68.7 Å². The second-order valence-electron chi connectivity index (χ2n) is 9.63. The van der Waals surface area contributed by atoms with Crippen LogP contribution in [0.25, 0.3) is 10.9 Å². The number of carbonyl (C=O) groups is 1. The maximum Gasteiger partial charge on any atom is 0.303 e. The molecule has 2 aliphatic rings. The zero-order valence-electron chi connectivity index (χ0n) is 19.8. The van der Waals surface area contributed by atoms with Gasteiger partial charge in [-0.3, -0.25) is 9.78 Å². The van der Waals surface area contributed by atoms with Crippen molar-refractivity contribution in [3.63, 3.8) is 0 Å². The van der Waals surface area contributed by atoms with Gasteiger partial charge in [-0.2, -0.15) is 11.8 Å². The molecule has 2 N–H and O–H groups in total. The molecule has 2 unspecified atom stereocenters. The highest BCUT2D eigenvalue weighted by Gasteiger charge is 2.31. The van der Waals surface area contributed by atoms with Gasteiger partial charge >= 0.3 is 5.97 Å². The summed E-state index contributed by atoms with van der Waals surface area (Å²) in [6.45, 7) is 2.86. The van der Waals surface area contributed by atoms with Crippen molar-refractivity contribution < 1.29 is 19.7 Å². The molecule has 1 saturated heterocycles. The number of aliphatic hydroxyl groups excluding tert-OH is 1. The summed E-state index contributed by atoms with van der Waals surface area (Å²) in [6.07, 6.45) is 7.36. The molecular weight excluding hydrogens is 472 g/mol. The Hall–Kier alpha value is -1.54. The fraction of sp³-hybridized carbons (Fsp3) is 0.615. The summed E-state index contributed by atoms with van der Waals surface area (Å²) in [5, 5.41) is 22.7. The van der Waals surface area contributed by atoms with Gasteiger partial charge < -0.3 is 19.8 Å². The second kappa shape index (κ2) is 11.9. The maximum absolute atomic E-state index is 11.6. The summed E-state index contributed by atoms with van der Waals surface area (Å²) < 4.78 is 5.35. The molecular formula is C26H35ClN2O4S. The van der Waals surface area contributed by atoms with Crippen LogP contribution >= 0.6 is 23.4 Å². The molecule has 2 heterocycles. The molecule has 1 aliphatic heterocycles. The molecule has 34 heavy (non-hydrogen) atoms. The number of aliphatic carboxylic acids is 1. The number of nitrogens with zero attached hydrogens (tertiary/aromatic N) is 2. The van der Waals surface area contributed by atoms with Gasteiger partial charge in [0.1, 0.15) is 5.75 Å². The van der Waals surface area contributed by atoms with Crippen molar-refractivity contribution in [2.24, 2.45) is 11.8 Å². The molecule has 0 amide bonds. The van der Waals surface area contributed by atoms with Crippen LogP contribution in [-0.4, -0.2) is 63.8 Å². The van der Waals surface area contributed by atoms with Gasteiger partial charge in [0.25, 0.3) is 0 Å². The lowest BCUT2D eigenvalue weighted by atomic mass is 9.79. The third-order valence-corrected chi connectivity index (χ3v) is 9.10. The lowest BCUT2D eigenvalue weighted by molar-refractivity contribution is -0.139. The standard InChI is InChI=1S/C26H35ClN2O4S/c1-33-19-6-7-23-21(14-19)26(22(27)15-28-23)24(30)8-5-17-9-10-29(16-18(17)13-25(31)32)11-12-34-20-3-2-4-20/h6-7,14-15,17-18,20,24,30H,2-5,8-13,16H2,1H3,(H,31,32)/t17?,18?,24-/m1/s1. The average molecular weight is 507 g/mol. The van der Waals surface area contributed by atoms with E-state index in [0.29, 0.717) is 22.8 Å². The summed E-state index contributed by atoms with van der Waals surface area (Å²) in [6, 6.07) is 5.57. The number of benzene rings is 1. The summed E-state index contributed by atoms with van der Waals surface area (Å²) >= 11 is 8.54. The van der Waals surface area contributed by atoms with Gasteiger partial charge in [-0.1, -0.05) is 18.0 Å². The topological polar surface area (TPSA) is 82.9 Å². The van der Waals surface area contributed by atoms with Gasteiger partial charge in [0.2, 0.25) is 0 Å². The third kappa shape index (κ3) is 6.36. The average Bonchev–Trinajstić information content (AvgIpc) is 2.79. The minimum atomic E-state index is -0.743. The largest absolute Gasteiger partial charge is 0.497 e. The Labute approximate surface area is 211 Å². The van der Waals surface area contributed by atoms with Crippen LogP contribution in [0.15, 0.2) is 24.4 Å². The SMILES string of the molecule is COc1ccc2ncc(Cl)c([C@H](O)CCC3CCN(CCSC4CCC4)CC3CC(=O)O)c2c1. The van der Waals surface area contributed by atoms with E-state index in [9.17, 15) is 15.0 Å². The number of hydrogen-bond acceptors (Lipinski definition) is 6. The molecule has 1 aromatic carbocycles. The van der Waals surface area contributed by atoms with Crippen molar-refractivity contribution in [2.75, 3.05) is 32.5 Å². The van der Waals surface area contributed by atoms with Crippen molar-refractivity contribution in [1.29, 1.82) is 0 Å². The van der Waals surface area contributed by atoms with E-state index in [4.69, 9.17) is 16.3 Å². The first kappa shape index (κ1) is 25.5. The Balaban J connectivity index is 1.38. The number of carboxylic acid groups (broad SMARTS) is 1. The number of halogens is 1. The van der Waals surface area contributed by atoms with Crippen LogP contribution in [0.5, 0.6) is 5.75 Å². The molecule has 3 atom stereocenters. The van der Waals surface area contributed by atoms with Crippen molar-refractivity contribution in [3.05, 3.63) is 35.0 Å². The van der Waals surface area contributed by atoms with Crippen molar-refractivity contribution in [3.8, 4) is 5.75 Å². The van der Waals surface area contributed by atoms with E-state index in [1.54, 1.807) is 13.3 Å². The van der Waals surface area contributed by atoms with E-state index in [0.717, 1.165) is 54.4 Å². The number of piperidine rings is 1. The number of aliphatic hydroxyl groups is 1. The van der Waals surface area contributed by atoms with Crippen molar-refractivity contribution >= 4 is 40.2 Å². The van der Waals surface area contributed by atoms with Gasteiger partial charge in [-0.15, -0.1) is 0 Å². The zero-order chi connectivity index (χ0) is 24.1. The number of ether oxygens (including phenoxy) is 1. The molecule has 186 valence electrons.